The molecular formula is C13H8F2N4O. The molecule has 0 aliphatic rings. The van der Waals surface area contributed by atoms with Gasteiger partial charge in [-0.15, -0.1) is 0 Å². The van der Waals surface area contributed by atoms with E-state index in [9.17, 15) is 13.6 Å². The zero-order valence-corrected chi connectivity index (χ0v) is 10.0. The van der Waals surface area contributed by atoms with Crippen molar-refractivity contribution in [2.45, 2.75) is 0 Å². The zero-order chi connectivity index (χ0) is 14.3. The van der Waals surface area contributed by atoms with Crippen LogP contribution < -0.4 is 5.73 Å². The van der Waals surface area contributed by atoms with Crippen LogP contribution in [-0.4, -0.2) is 20.9 Å². The molecule has 0 saturated carbocycles. The number of nitrogens with one attached hydrogen (secondary N) is 1. The van der Waals surface area contributed by atoms with E-state index in [1.807, 2.05) is 0 Å². The van der Waals surface area contributed by atoms with E-state index in [1.54, 1.807) is 12.3 Å². The van der Waals surface area contributed by atoms with Gasteiger partial charge in [0.05, 0.1) is 11.9 Å². The smallest absolute Gasteiger partial charge is 0.254 e. The Balaban J connectivity index is 2.16. The van der Waals surface area contributed by atoms with Crippen molar-refractivity contribution in [1.82, 2.24) is 15.0 Å². The van der Waals surface area contributed by atoms with Crippen LogP contribution in [0.3, 0.4) is 0 Å². The lowest BCUT2D eigenvalue weighted by molar-refractivity contribution is 0.0992. The highest BCUT2D eigenvalue weighted by molar-refractivity contribution is 5.94. The van der Waals surface area contributed by atoms with Gasteiger partial charge in [-0.05, 0) is 18.2 Å². The Morgan fingerprint density at radius 1 is 1.25 bits per heavy atom. The number of H-pyrrole nitrogens is 1. The fraction of sp³-hybridized carbons (Fsp3) is 0. The number of benzene rings is 1. The minimum Gasteiger partial charge on any atom is -0.365 e. The number of primary amides is 1. The molecule has 2 aromatic heterocycles. The van der Waals surface area contributed by atoms with E-state index in [-0.39, 0.29) is 5.56 Å². The minimum absolute atomic E-state index is 0.181. The van der Waals surface area contributed by atoms with Gasteiger partial charge in [0.2, 0.25) is 0 Å². The lowest BCUT2D eigenvalue weighted by atomic mass is 10.1. The Kier molecular flexibility index (Phi) is 2.67. The minimum atomic E-state index is -1.15. The number of nitrogens with two attached hydrogens (primary N) is 1. The summed E-state index contributed by atoms with van der Waals surface area (Å²) in [6, 6.07) is 3.70. The predicted molar refractivity (Wildman–Crippen MR) is 67.8 cm³/mol. The molecule has 0 aliphatic heterocycles. The van der Waals surface area contributed by atoms with Crippen LogP contribution in [0.2, 0.25) is 0 Å². The number of amides is 1. The van der Waals surface area contributed by atoms with Crippen LogP contribution in [0.25, 0.3) is 22.4 Å². The number of carbonyl (C=O) groups excluding carboxylic acids is 1. The number of carbonyl (C=O) groups is 1. The van der Waals surface area contributed by atoms with Crippen LogP contribution in [0.4, 0.5) is 8.78 Å². The summed E-state index contributed by atoms with van der Waals surface area (Å²) in [5.74, 6) is -3.20. The van der Waals surface area contributed by atoms with Gasteiger partial charge in [0.25, 0.3) is 5.91 Å². The number of rotatable bonds is 2. The first-order chi connectivity index (χ1) is 9.56. The monoisotopic (exact) mass is 274 g/mol. The molecule has 100 valence electrons. The first-order valence-corrected chi connectivity index (χ1v) is 5.65. The second kappa shape index (κ2) is 4.37. The predicted octanol–water partition coefficient (Wildman–Crippen LogP) is 2.00. The number of fused-ring (bicyclic) bond motifs is 1. The Labute approximate surface area is 111 Å². The van der Waals surface area contributed by atoms with Gasteiger partial charge in [-0.25, -0.2) is 18.7 Å². The average Bonchev–Trinajstić information content (AvgIpc) is 2.84. The lowest BCUT2D eigenvalue weighted by Gasteiger charge is -2.05. The van der Waals surface area contributed by atoms with Crippen LogP contribution in [0.15, 0.2) is 30.6 Å². The van der Waals surface area contributed by atoms with Gasteiger partial charge in [0, 0.05) is 11.8 Å². The van der Waals surface area contributed by atoms with Crippen molar-refractivity contribution in [3.63, 3.8) is 0 Å². The summed E-state index contributed by atoms with van der Waals surface area (Å²) in [7, 11) is 0. The second-order valence-corrected chi connectivity index (χ2v) is 4.15. The summed E-state index contributed by atoms with van der Waals surface area (Å²) in [4.78, 5) is 22.1. The van der Waals surface area contributed by atoms with Crippen LogP contribution in [0.5, 0.6) is 0 Å². The molecule has 5 nitrogen and oxygen atoms in total. The third-order valence-electron chi connectivity index (χ3n) is 2.84. The molecule has 0 bridgehead atoms. The van der Waals surface area contributed by atoms with Crippen LogP contribution >= 0.6 is 0 Å². The highest BCUT2D eigenvalue weighted by Gasteiger charge is 2.17. The lowest BCUT2D eigenvalue weighted by Crippen LogP contribution is -2.15. The van der Waals surface area contributed by atoms with Crippen molar-refractivity contribution in [1.29, 1.82) is 0 Å². The van der Waals surface area contributed by atoms with E-state index < -0.39 is 23.1 Å². The number of hydrogen-bond donors (Lipinski definition) is 2. The summed E-state index contributed by atoms with van der Waals surface area (Å²) in [6.45, 7) is 0. The average molecular weight is 274 g/mol. The molecule has 20 heavy (non-hydrogen) atoms. The third-order valence-corrected chi connectivity index (χ3v) is 2.84. The normalized spacial score (nSPS) is 10.9. The van der Waals surface area contributed by atoms with Gasteiger partial charge in [-0.2, -0.15) is 0 Å². The van der Waals surface area contributed by atoms with Gasteiger partial charge in [-0.3, -0.25) is 4.79 Å². The first-order valence-electron chi connectivity index (χ1n) is 5.65. The first kappa shape index (κ1) is 12.2. The van der Waals surface area contributed by atoms with E-state index in [4.69, 9.17) is 5.73 Å². The van der Waals surface area contributed by atoms with E-state index >= 15 is 0 Å². The molecule has 3 aromatic rings. The molecule has 0 atom stereocenters. The van der Waals surface area contributed by atoms with Crippen molar-refractivity contribution in [2.24, 2.45) is 5.73 Å². The SMILES string of the molecule is NC(=O)c1c(F)cc(-c2cnc3[nH]ccc3n2)cc1F. The Morgan fingerprint density at radius 2 is 1.95 bits per heavy atom. The van der Waals surface area contributed by atoms with Crippen LogP contribution in [0, 0.1) is 11.6 Å². The molecule has 1 aromatic carbocycles. The van der Waals surface area contributed by atoms with Crippen LogP contribution in [-0.2, 0) is 0 Å². The van der Waals surface area contributed by atoms with Crippen molar-refractivity contribution in [3.05, 3.63) is 47.8 Å². The number of hydrogen-bond acceptors (Lipinski definition) is 3. The van der Waals surface area contributed by atoms with Crippen molar-refractivity contribution >= 4 is 17.1 Å². The maximum Gasteiger partial charge on any atom is 0.254 e. The molecule has 0 saturated heterocycles. The molecule has 0 aliphatic carbocycles. The van der Waals surface area contributed by atoms with E-state index in [0.717, 1.165) is 12.1 Å². The van der Waals surface area contributed by atoms with Gasteiger partial charge in [-0.1, -0.05) is 0 Å². The summed E-state index contributed by atoms with van der Waals surface area (Å²) in [5.41, 5.74) is 5.78. The molecule has 3 N–H and O–H groups in total. The number of halogens is 2. The van der Waals surface area contributed by atoms with Gasteiger partial charge in [0.1, 0.15) is 22.7 Å². The second-order valence-electron chi connectivity index (χ2n) is 4.15. The largest absolute Gasteiger partial charge is 0.365 e. The van der Waals surface area contributed by atoms with Crippen molar-refractivity contribution in [2.75, 3.05) is 0 Å². The maximum absolute atomic E-state index is 13.7. The summed E-state index contributed by atoms with van der Waals surface area (Å²) < 4.78 is 27.4. The molecule has 0 radical (unpaired) electrons. The quantitative estimate of drug-likeness (QED) is 0.749. The van der Waals surface area contributed by atoms with E-state index in [1.165, 1.54) is 6.20 Å². The van der Waals surface area contributed by atoms with Gasteiger partial charge in [0.15, 0.2) is 5.65 Å². The van der Waals surface area contributed by atoms with Crippen molar-refractivity contribution < 1.29 is 13.6 Å². The van der Waals surface area contributed by atoms with E-state index in [2.05, 4.69) is 15.0 Å². The Hall–Kier alpha value is -2.83. The number of aromatic nitrogens is 3. The Morgan fingerprint density at radius 3 is 2.60 bits per heavy atom. The summed E-state index contributed by atoms with van der Waals surface area (Å²) in [6.07, 6.45) is 3.04. The van der Waals surface area contributed by atoms with E-state index in [0.29, 0.717) is 16.9 Å². The standard InChI is InChI=1S/C13H8F2N4O/c14-7-3-6(4-8(15)11(7)12(16)20)10-5-18-13-9(19-10)1-2-17-13/h1-5H,(H2,16,20)(H,17,18). The molecule has 0 spiro atoms. The van der Waals surface area contributed by atoms with Crippen LogP contribution in [0.1, 0.15) is 10.4 Å². The van der Waals surface area contributed by atoms with Gasteiger partial charge < -0.3 is 10.7 Å². The summed E-state index contributed by atoms with van der Waals surface area (Å²) in [5, 5.41) is 0. The molecule has 3 rings (SSSR count). The number of aromatic amines is 1. The molecule has 1 amide bonds. The Bertz CT molecular complexity index is 805. The maximum atomic E-state index is 13.7. The zero-order valence-electron chi connectivity index (χ0n) is 10.0. The molecule has 2 heterocycles. The highest BCUT2D eigenvalue weighted by Crippen LogP contribution is 2.23. The topological polar surface area (TPSA) is 84.7 Å². The van der Waals surface area contributed by atoms with Crippen molar-refractivity contribution in [3.8, 4) is 11.3 Å². The molecule has 0 fully saturated rings. The van der Waals surface area contributed by atoms with Gasteiger partial charge >= 0.3 is 0 Å². The highest BCUT2D eigenvalue weighted by atomic mass is 19.1. The molecular weight excluding hydrogens is 266 g/mol. The fourth-order valence-electron chi connectivity index (χ4n) is 1.93. The third kappa shape index (κ3) is 1.89. The number of nitrogens with zero attached hydrogens (tertiary/aromatic N) is 2. The fourth-order valence-corrected chi connectivity index (χ4v) is 1.93. The summed E-state index contributed by atoms with van der Waals surface area (Å²) >= 11 is 0. The molecule has 0 unspecified atom stereocenters. The molecule has 7 heteroatoms.